The number of aromatic hydroxyl groups is 1. The first-order chi connectivity index (χ1) is 22.1. The minimum atomic E-state index is -5.23. The van der Waals surface area contributed by atoms with Crippen molar-refractivity contribution in [3.05, 3.63) is 76.8 Å². The van der Waals surface area contributed by atoms with Crippen LogP contribution in [0.4, 0.5) is 50.1 Å². The number of halogens is 9. The van der Waals surface area contributed by atoms with Crippen molar-refractivity contribution in [3.63, 3.8) is 0 Å². The summed E-state index contributed by atoms with van der Waals surface area (Å²) >= 11 is 0. The number of nitrogens with zero attached hydrogens (tertiary/aromatic N) is 3. The number of carboxylic acids is 1. The lowest BCUT2D eigenvalue weighted by Gasteiger charge is -2.39. The van der Waals surface area contributed by atoms with Crippen molar-refractivity contribution >= 4 is 17.9 Å². The van der Waals surface area contributed by atoms with Gasteiger partial charge < -0.3 is 19.8 Å². The third kappa shape index (κ3) is 8.05. The van der Waals surface area contributed by atoms with E-state index >= 15 is 0 Å². The molecule has 4 rings (SSSR count). The number of phenolic OH excluding ortho intramolecular Hbond substituents is 1. The van der Waals surface area contributed by atoms with Crippen molar-refractivity contribution in [2.24, 2.45) is 0 Å². The largest absolute Gasteiger partial charge is 0.507 e. The zero-order valence-corrected chi connectivity index (χ0v) is 25.2. The highest BCUT2D eigenvalue weighted by molar-refractivity contribution is 5.76. The second kappa shape index (κ2) is 13.1. The lowest BCUT2D eigenvalue weighted by molar-refractivity contribution is -0.137. The van der Waals surface area contributed by atoms with Crippen molar-refractivity contribution in [1.29, 1.82) is 0 Å². The smallest absolute Gasteiger partial charge is 0.416 e. The highest BCUT2D eigenvalue weighted by Gasteiger charge is 2.45. The first-order valence-electron chi connectivity index (χ1n) is 14.1. The Balaban J connectivity index is 1.71. The molecule has 0 aliphatic carbocycles. The molecule has 1 aromatic carbocycles. The maximum Gasteiger partial charge on any atom is 0.416 e. The van der Waals surface area contributed by atoms with Gasteiger partial charge in [0, 0.05) is 29.2 Å². The SMILES string of the molecule is C=C(/C=C(\C=C(/C)C(F)(F)F)C(F)(F)F)[C@H]1OC(=O)N(Cc2nc(N3CC(F)(F)C3)ccc2-c2cc(CCC(=O)O)c(F)cc2O)[C@H]1C. The van der Waals surface area contributed by atoms with Crippen LogP contribution < -0.4 is 4.90 Å². The summed E-state index contributed by atoms with van der Waals surface area (Å²) in [6, 6.07) is 3.51. The Bertz CT molecular complexity index is 1680. The molecule has 0 unspecified atom stereocenters. The van der Waals surface area contributed by atoms with Crippen molar-refractivity contribution < 1.29 is 64.1 Å². The molecule has 48 heavy (non-hydrogen) atoms. The minimum absolute atomic E-state index is 0.0399. The second-order valence-electron chi connectivity index (χ2n) is 11.4. The van der Waals surface area contributed by atoms with E-state index < -0.39 is 96.8 Å². The number of rotatable bonds is 10. The molecule has 2 aromatic rings. The number of benzene rings is 1. The predicted molar refractivity (Wildman–Crippen MR) is 153 cm³/mol. The van der Waals surface area contributed by atoms with Crippen molar-refractivity contribution in [2.45, 2.75) is 63.7 Å². The fourth-order valence-corrected chi connectivity index (χ4v) is 5.12. The van der Waals surface area contributed by atoms with Crippen LogP contribution in [0.15, 0.2) is 59.7 Å². The summed E-state index contributed by atoms with van der Waals surface area (Å²) in [6.45, 7) is 3.45. The van der Waals surface area contributed by atoms with Crippen LogP contribution in [-0.2, 0) is 22.5 Å². The second-order valence-corrected chi connectivity index (χ2v) is 11.4. The zero-order chi connectivity index (χ0) is 35.9. The summed E-state index contributed by atoms with van der Waals surface area (Å²) in [5, 5.41) is 19.7. The average Bonchev–Trinajstić information content (AvgIpc) is 3.22. The first-order valence-corrected chi connectivity index (χ1v) is 14.1. The lowest BCUT2D eigenvalue weighted by Crippen LogP contribution is -2.56. The molecule has 2 atom stereocenters. The van der Waals surface area contributed by atoms with Crippen LogP contribution in [0.5, 0.6) is 5.75 Å². The van der Waals surface area contributed by atoms with Gasteiger partial charge in [-0.2, -0.15) is 26.3 Å². The fraction of sp³-hybridized carbons (Fsp3) is 0.387. The normalized spacial score (nSPS) is 20.1. The standard InChI is InChI=1S/C31H28F9N3O5/c1-15(8-19(31(38,39)40)9-16(2)30(35,36)37)27-17(3)43(28(47)48-27)12-23-20(5-6-25(41-23)42-13-29(33,34)14-42)21-10-18(4-7-26(45)46)22(32)11-24(21)44/h5-6,8-11,17,27,44H,1,4,7,12-14H2,2-3H3,(H,45,46)/b16-9+,19-8+/t17-,27+/m0/s1. The van der Waals surface area contributed by atoms with Crippen LogP contribution >= 0.6 is 0 Å². The number of aromatic nitrogens is 1. The number of phenols is 1. The molecular formula is C31H28F9N3O5. The first kappa shape index (κ1) is 36.1. The van der Waals surface area contributed by atoms with Crippen LogP contribution in [0.25, 0.3) is 11.1 Å². The van der Waals surface area contributed by atoms with Gasteiger partial charge in [0.25, 0.3) is 5.92 Å². The molecule has 0 saturated carbocycles. The number of carbonyl (C=O) groups is 2. The molecule has 3 heterocycles. The number of allylic oxidation sites excluding steroid dienone is 3. The van der Waals surface area contributed by atoms with E-state index in [0.717, 1.165) is 11.0 Å². The van der Waals surface area contributed by atoms with Crippen molar-refractivity contribution in [1.82, 2.24) is 9.88 Å². The van der Waals surface area contributed by atoms with E-state index in [0.29, 0.717) is 13.0 Å². The summed E-state index contributed by atoms with van der Waals surface area (Å²) < 4.78 is 127. The van der Waals surface area contributed by atoms with Gasteiger partial charge in [-0.05, 0) is 61.8 Å². The van der Waals surface area contributed by atoms with Crippen LogP contribution in [-0.4, -0.2) is 75.7 Å². The number of cyclic esters (lactones) is 1. The Labute approximate surface area is 267 Å². The quantitative estimate of drug-likeness (QED) is 0.199. The Morgan fingerprint density at radius 3 is 2.31 bits per heavy atom. The van der Waals surface area contributed by atoms with Gasteiger partial charge in [0.2, 0.25) is 0 Å². The van der Waals surface area contributed by atoms with Gasteiger partial charge in [0.15, 0.2) is 0 Å². The fourth-order valence-electron chi connectivity index (χ4n) is 5.12. The molecule has 2 aliphatic heterocycles. The molecule has 1 amide bonds. The maximum absolute atomic E-state index is 14.6. The maximum atomic E-state index is 14.6. The average molecular weight is 694 g/mol. The Hall–Kier alpha value is -4.70. The highest BCUT2D eigenvalue weighted by atomic mass is 19.4. The van der Waals surface area contributed by atoms with E-state index in [1.807, 2.05) is 0 Å². The third-order valence-electron chi connectivity index (χ3n) is 7.76. The summed E-state index contributed by atoms with van der Waals surface area (Å²) in [6.07, 6.45) is -13.3. The molecule has 2 saturated heterocycles. The van der Waals surface area contributed by atoms with E-state index in [1.165, 1.54) is 30.0 Å². The van der Waals surface area contributed by atoms with Gasteiger partial charge in [-0.25, -0.2) is 22.9 Å². The number of pyridine rings is 1. The Morgan fingerprint density at radius 2 is 1.75 bits per heavy atom. The number of carboxylic acid groups (broad SMARTS) is 1. The van der Waals surface area contributed by atoms with Gasteiger partial charge in [-0.1, -0.05) is 6.58 Å². The zero-order valence-electron chi connectivity index (χ0n) is 25.2. The molecule has 0 bridgehead atoms. The van der Waals surface area contributed by atoms with Gasteiger partial charge in [-0.15, -0.1) is 0 Å². The third-order valence-corrected chi connectivity index (χ3v) is 7.76. The molecule has 1 aromatic heterocycles. The lowest BCUT2D eigenvalue weighted by atomic mass is 9.97. The van der Waals surface area contributed by atoms with Gasteiger partial charge in [0.05, 0.1) is 36.9 Å². The number of hydrogen-bond donors (Lipinski definition) is 2. The summed E-state index contributed by atoms with van der Waals surface area (Å²) in [5.41, 5.74) is -3.82. The predicted octanol–water partition coefficient (Wildman–Crippen LogP) is 7.33. The van der Waals surface area contributed by atoms with E-state index in [4.69, 9.17) is 9.84 Å². The number of hydrogen-bond acceptors (Lipinski definition) is 6. The van der Waals surface area contributed by atoms with Crippen molar-refractivity contribution in [3.8, 4) is 16.9 Å². The molecule has 2 aliphatic rings. The molecule has 8 nitrogen and oxygen atoms in total. The van der Waals surface area contributed by atoms with Crippen LogP contribution in [0.3, 0.4) is 0 Å². The molecule has 260 valence electrons. The number of aliphatic carboxylic acids is 1. The number of aryl methyl sites for hydroxylation is 1. The molecule has 17 heteroatoms. The number of anilines is 1. The monoisotopic (exact) mass is 693 g/mol. The molecular weight excluding hydrogens is 665 g/mol. The van der Waals surface area contributed by atoms with E-state index in [1.54, 1.807) is 0 Å². The minimum Gasteiger partial charge on any atom is -0.507 e. The molecule has 2 N–H and O–H groups in total. The molecule has 2 fully saturated rings. The summed E-state index contributed by atoms with van der Waals surface area (Å²) in [5.74, 6) is -5.68. The topological polar surface area (TPSA) is 103 Å². The van der Waals surface area contributed by atoms with Gasteiger partial charge >= 0.3 is 24.4 Å². The summed E-state index contributed by atoms with van der Waals surface area (Å²) in [7, 11) is 0. The number of carbonyl (C=O) groups excluding carboxylic acids is 1. The van der Waals surface area contributed by atoms with Gasteiger partial charge in [0.1, 0.15) is 23.5 Å². The van der Waals surface area contributed by atoms with Crippen molar-refractivity contribution in [2.75, 3.05) is 18.0 Å². The molecule has 0 radical (unpaired) electrons. The number of amides is 1. The van der Waals surface area contributed by atoms with E-state index in [-0.39, 0.29) is 40.7 Å². The number of alkyl halides is 8. The highest BCUT2D eigenvalue weighted by Crippen LogP contribution is 2.39. The van der Waals surface area contributed by atoms with Crippen LogP contribution in [0, 0.1) is 5.82 Å². The molecule has 0 spiro atoms. The Morgan fingerprint density at radius 1 is 1.10 bits per heavy atom. The van der Waals surface area contributed by atoms with Crippen LogP contribution in [0.2, 0.25) is 0 Å². The number of ether oxygens (including phenoxy) is 1. The van der Waals surface area contributed by atoms with E-state index in [2.05, 4.69) is 11.6 Å². The van der Waals surface area contributed by atoms with Crippen LogP contribution in [0.1, 0.15) is 31.5 Å². The van der Waals surface area contributed by atoms with Gasteiger partial charge in [-0.3, -0.25) is 9.69 Å². The summed E-state index contributed by atoms with van der Waals surface area (Å²) in [4.78, 5) is 30.7. The van der Waals surface area contributed by atoms with E-state index in [9.17, 15) is 54.2 Å². The Kier molecular flexibility index (Phi) is 9.84.